The van der Waals surface area contributed by atoms with Crippen molar-refractivity contribution < 1.29 is 4.74 Å². The molecule has 2 fully saturated rings. The lowest BCUT2D eigenvalue weighted by atomic mass is 9.90. The predicted octanol–water partition coefficient (Wildman–Crippen LogP) is 5.47. The highest BCUT2D eigenvalue weighted by atomic mass is 35.5. The number of hydrogen-bond acceptors (Lipinski definition) is 6. The molecule has 0 aliphatic heterocycles. The molecule has 0 spiro atoms. The lowest BCUT2D eigenvalue weighted by Gasteiger charge is -2.32. The first-order valence-electron chi connectivity index (χ1n) is 11.9. The van der Waals surface area contributed by atoms with Crippen LogP contribution in [0.5, 0.6) is 0 Å². The zero-order chi connectivity index (χ0) is 23.3. The number of methoxy groups -OCH3 is 1. The molecule has 2 saturated carbocycles. The van der Waals surface area contributed by atoms with Gasteiger partial charge in [0, 0.05) is 49.2 Å². The van der Waals surface area contributed by atoms with E-state index in [1.54, 1.807) is 13.3 Å². The third kappa shape index (κ3) is 6.38. The van der Waals surface area contributed by atoms with Crippen LogP contribution in [0, 0.1) is 16.7 Å². The van der Waals surface area contributed by atoms with Crippen molar-refractivity contribution in [3.05, 3.63) is 41.6 Å². The van der Waals surface area contributed by atoms with Crippen molar-refractivity contribution in [1.29, 1.82) is 5.26 Å². The van der Waals surface area contributed by atoms with Crippen LogP contribution >= 0.6 is 11.6 Å². The lowest BCUT2D eigenvalue weighted by molar-refractivity contribution is 0.161. The number of benzene rings is 1. The number of ether oxygens (including phenoxy) is 1. The van der Waals surface area contributed by atoms with E-state index in [1.165, 1.54) is 0 Å². The first-order valence-corrected chi connectivity index (χ1v) is 12.3. The predicted molar refractivity (Wildman–Crippen MR) is 135 cm³/mol. The number of rotatable bonds is 10. The minimum absolute atomic E-state index is 0.183. The Hall–Kier alpha value is -2.33. The Labute approximate surface area is 202 Å². The molecule has 6 nitrogen and oxygen atoms in total. The van der Waals surface area contributed by atoms with Gasteiger partial charge in [-0.1, -0.05) is 23.7 Å². The van der Waals surface area contributed by atoms with E-state index >= 15 is 0 Å². The minimum atomic E-state index is -0.183. The molecule has 0 saturated heterocycles. The van der Waals surface area contributed by atoms with Crippen LogP contribution in [0.2, 0.25) is 5.02 Å². The van der Waals surface area contributed by atoms with Crippen LogP contribution in [0.1, 0.15) is 45.4 Å². The fraction of sp³-hybridized carbons (Fsp3) is 0.538. The number of hydrogen-bond donors (Lipinski definition) is 3. The summed E-state index contributed by atoms with van der Waals surface area (Å²) in [6.45, 7) is 3.60. The average molecular weight is 468 g/mol. The minimum Gasteiger partial charge on any atom is -0.383 e. The Morgan fingerprint density at radius 2 is 1.97 bits per heavy atom. The third-order valence-corrected chi connectivity index (χ3v) is 7.07. The number of nitriles is 1. The number of halogens is 1. The summed E-state index contributed by atoms with van der Waals surface area (Å²) in [7, 11) is 1.75. The van der Waals surface area contributed by atoms with E-state index < -0.39 is 0 Å². The number of pyridine rings is 1. The molecule has 7 heteroatoms. The van der Waals surface area contributed by atoms with E-state index in [0.29, 0.717) is 29.7 Å². The number of nitrogens with zero attached hydrogens (tertiary/aromatic N) is 2. The average Bonchev–Trinajstić information content (AvgIpc) is 3.61. The zero-order valence-electron chi connectivity index (χ0n) is 19.5. The Balaban J connectivity index is 1.37. The zero-order valence-corrected chi connectivity index (χ0v) is 20.3. The van der Waals surface area contributed by atoms with Gasteiger partial charge in [0.05, 0.1) is 23.1 Å². The lowest BCUT2D eigenvalue weighted by Crippen LogP contribution is -2.42. The highest BCUT2D eigenvalue weighted by Gasteiger charge is 2.42. The fourth-order valence-corrected chi connectivity index (χ4v) is 4.81. The van der Waals surface area contributed by atoms with Crippen LogP contribution in [0.15, 0.2) is 36.5 Å². The van der Waals surface area contributed by atoms with E-state index in [1.807, 2.05) is 18.2 Å². The topological polar surface area (TPSA) is 82.0 Å². The highest BCUT2D eigenvalue weighted by Crippen LogP contribution is 2.44. The Kier molecular flexibility index (Phi) is 7.75. The van der Waals surface area contributed by atoms with Crippen LogP contribution < -0.4 is 16.0 Å². The highest BCUT2D eigenvalue weighted by molar-refractivity contribution is 6.33. The molecule has 3 N–H and O–H groups in total. The first-order chi connectivity index (χ1) is 16.0. The summed E-state index contributed by atoms with van der Waals surface area (Å²) in [5.74, 6) is 0.860. The second kappa shape index (κ2) is 10.7. The summed E-state index contributed by atoms with van der Waals surface area (Å²) < 4.78 is 5.24. The van der Waals surface area contributed by atoms with Gasteiger partial charge < -0.3 is 20.7 Å². The maximum absolute atomic E-state index is 9.31. The van der Waals surface area contributed by atoms with Gasteiger partial charge in [-0.05, 0) is 69.2 Å². The molecule has 1 atom stereocenters. The van der Waals surface area contributed by atoms with E-state index in [2.05, 4.69) is 46.1 Å². The van der Waals surface area contributed by atoms with Crippen LogP contribution in [0.3, 0.4) is 0 Å². The molecular weight excluding hydrogens is 434 g/mol. The second-order valence-electron chi connectivity index (χ2n) is 9.59. The van der Waals surface area contributed by atoms with Crippen LogP contribution in [-0.2, 0) is 4.74 Å². The van der Waals surface area contributed by atoms with Crippen molar-refractivity contribution in [3.8, 4) is 17.2 Å². The summed E-state index contributed by atoms with van der Waals surface area (Å²) in [4.78, 5) is 4.53. The quantitative estimate of drug-likeness (QED) is 0.430. The van der Waals surface area contributed by atoms with Crippen molar-refractivity contribution in [2.45, 2.75) is 63.6 Å². The molecule has 1 aromatic carbocycles. The first kappa shape index (κ1) is 23.8. The molecule has 2 aliphatic rings. The standard InChI is InChI=1S/C26H34ClN5O/c1-18(15-33-2)31-20-6-8-21(9-7-20)32-25-13-23(24(27)14-29-25)19-4-3-5-22(12-19)30-17-26(16-28)10-11-26/h3-5,12-14,18,20-21,30-31H,6-11,15,17H2,1-2H3,(H,29,32). The fourth-order valence-electron chi connectivity index (χ4n) is 4.60. The monoisotopic (exact) mass is 467 g/mol. The van der Waals surface area contributed by atoms with Gasteiger partial charge in [0.25, 0.3) is 0 Å². The summed E-state index contributed by atoms with van der Waals surface area (Å²) in [6, 6.07) is 14.0. The molecule has 1 aromatic heterocycles. The Morgan fingerprint density at radius 1 is 1.21 bits per heavy atom. The molecule has 0 amide bonds. The van der Waals surface area contributed by atoms with Gasteiger partial charge in [0.1, 0.15) is 5.82 Å². The summed E-state index contributed by atoms with van der Waals surface area (Å²) >= 11 is 6.53. The van der Waals surface area contributed by atoms with Gasteiger partial charge in [0.2, 0.25) is 0 Å². The molecule has 176 valence electrons. The van der Waals surface area contributed by atoms with Gasteiger partial charge >= 0.3 is 0 Å². The molecular formula is C26H34ClN5O. The molecule has 0 bridgehead atoms. The summed E-state index contributed by atoms with van der Waals surface area (Å²) in [5, 5.41) is 20.7. The molecule has 2 aliphatic carbocycles. The molecule has 2 aromatic rings. The summed E-state index contributed by atoms with van der Waals surface area (Å²) in [5.41, 5.74) is 2.82. The molecule has 4 rings (SSSR count). The Morgan fingerprint density at radius 3 is 2.67 bits per heavy atom. The van der Waals surface area contributed by atoms with E-state index in [4.69, 9.17) is 16.3 Å². The van der Waals surface area contributed by atoms with Crippen LogP contribution in [0.25, 0.3) is 11.1 Å². The molecule has 1 unspecified atom stereocenters. The maximum atomic E-state index is 9.31. The normalized spacial score (nSPS) is 22.2. The van der Waals surface area contributed by atoms with Crippen molar-refractivity contribution in [1.82, 2.24) is 10.3 Å². The van der Waals surface area contributed by atoms with Crippen LogP contribution in [-0.4, -0.2) is 43.4 Å². The molecule has 1 heterocycles. The van der Waals surface area contributed by atoms with Crippen molar-refractivity contribution in [2.75, 3.05) is 30.9 Å². The van der Waals surface area contributed by atoms with E-state index in [9.17, 15) is 5.26 Å². The van der Waals surface area contributed by atoms with E-state index in [0.717, 1.165) is 67.8 Å². The van der Waals surface area contributed by atoms with Crippen molar-refractivity contribution in [2.24, 2.45) is 5.41 Å². The van der Waals surface area contributed by atoms with Gasteiger partial charge in [0.15, 0.2) is 0 Å². The largest absolute Gasteiger partial charge is 0.383 e. The molecule has 33 heavy (non-hydrogen) atoms. The summed E-state index contributed by atoms with van der Waals surface area (Å²) in [6.07, 6.45) is 8.19. The number of nitrogens with one attached hydrogen (secondary N) is 3. The second-order valence-corrected chi connectivity index (χ2v) is 10.00. The third-order valence-electron chi connectivity index (χ3n) is 6.77. The maximum Gasteiger partial charge on any atom is 0.126 e. The smallest absolute Gasteiger partial charge is 0.126 e. The Bertz CT molecular complexity index is 979. The van der Waals surface area contributed by atoms with Gasteiger partial charge in [-0.3, -0.25) is 0 Å². The van der Waals surface area contributed by atoms with Crippen molar-refractivity contribution in [3.63, 3.8) is 0 Å². The SMILES string of the molecule is COCC(C)NC1CCC(Nc2cc(-c3cccc(NCC4(C#N)CC4)c3)c(Cl)cn2)CC1. The van der Waals surface area contributed by atoms with Crippen molar-refractivity contribution >= 4 is 23.1 Å². The van der Waals surface area contributed by atoms with Gasteiger partial charge in [-0.15, -0.1) is 0 Å². The van der Waals surface area contributed by atoms with Gasteiger partial charge in [-0.2, -0.15) is 5.26 Å². The van der Waals surface area contributed by atoms with Crippen LogP contribution in [0.4, 0.5) is 11.5 Å². The van der Waals surface area contributed by atoms with Gasteiger partial charge in [-0.25, -0.2) is 4.98 Å². The van der Waals surface area contributed by atoms with E-state index in [-0.39, 0.29) is 5.41 Å². The molecule has 0 radical (unpaired) electrons. The number of anilines is 2. The number of aromatic nitrogens is 1.